The maximum absolute atomic E-state index is 4.35. The second-order valence-corrected chi connectivity index (χ2v) is 3.35. The molecule has 1 saturated heterocycles. The van der Waals surface area contributed by atoms with Gasteiger partial charge in [0.05, 0.1) is 0 Å². The zero-order valence-electron chi connectivity index (χ0n) is 5.83. The smallest absolute Gasteiger partial charge is 0.0296 e. The molecule has 2 heteroatoms. The lowest BCUT2D eigenvalue weighted by atomic mass is 9.97. The van der Waals surface area contributed by atoms with Crippen LogP contribution in [0, 0.1) is 5.92 Å². The number of hydrogen-bond acceptors (Lipinski definition) is 2. The fourth-order valence-corrected chi connectivity index (χ4v) is 1.98. The standard InChI is InChI=1S/C8H11NS/c10-9-6-5-7-3-1-2-4-8(7)9/h1-2,4,7,10H,3,5-6H2. The van der Waals surface area contributed by atoms with Crippen LogP contribution in [0.4, 0.5) is 0 Å². The van der Waals surface area contributed by atoms with Crippen molar-refractivity contribution in [2.24, 2.45) is 5.92 Å². The second-order valence-electron chi connectivity index (χ2n) is 2.86. The van der Waals surface area contributed by atoms with Crippen LogP contribution in [0.15, 0.2) is 23.9 Å². The highest BCUT2D eigenvalue weighted by Crippen LogP contribution is 2.33. The van der Waals surface area contributed by atoms with Crippen LogP contribution in [0.25, 0.3) is 0 Å². The molecule has 0 N–H and O–H groups in total. The monoisotopic (exact) mass is 153 g/mol. The maximum atomic E-state index is 4.35. The van der Waals surface area contributed by atoms with Gasteiger partial charge in [-0.25, -0.2) is 0 Å². The summed E-state index contributed by atoms with van der Waals surface area (Å²) in [6, 6.07) is 0. The zero-order valence-corrected chi connectivity index (χ0v) is 6.72. The molecule has 0 aromatic rings. The molecule has 0 spiro atoms. The third-order valence-corrected chi connectivity index (χ3v) is 2.66. The van der Waals surface area contributed by atoms with Gasteiger partial charge in [0.1, 0.15) is 0 Å². The second kappa shape index (κ2) is 2.35. The third kappa shape index (κ3) is 0.870. The predicted octanol–water partition coefficient (Wildman–Crippen LogP) is 2.00. The minimum atomic E-state index is 0.766. The molecule has 0 bridgehead atoms. The molecule has 1 heterocycles. The van der Waals surface area contributed by atoms with Gasteiger partial charge in [-0.1, -0.05) is 25.0 Å². The molecular formula is C8H11NS. The van der Waals surface area contributed by atoms with Gasteiger partial charge in [0, 0.05) is 18.2 Å². The number of nitrogens with zero attached hydrogens (tertiary/aromatic N) is 1. The van der Waals surface area contributed by atoms with Gasteiger partial charge in [-0.15, -0.1) is 0 Å². The molecular weight excluding hydrogens is 142 g/mol. The summed E-state index contributed by atoms with van der Waals surface area (Å²) in [5, 5.41) is 0. The molecule has 1 unspecified atom stereocenters. The number of fused-ring (bicyclic) bond motifs is 1. The van der Waals surface area contributed by atoms with E-state index in [2.05, 4.69) is 35.3 Å². The molecule has 2 aliphatic rings. The lowest BCUT2D eigenvalue weighted by Crippen LogP contribution is -2.06. The molecule has 1 nitrogen and oxygen atoms in total. The van der Waals surface area contributed by atoms with Crippen LogP contribution in [-0.4, -0.2) is 10.8 Å². The Morgan fingerprint density at radius 3 is 3.30 bits per heavy atom. The first-order valence-corrected chi connectivity index (χ1v) is 4.11. The van der Waals surface area contributed by atoms with E-state index in [4.69, 9.17) is 0 Å². The normalized spacial score (nSPS) is 30.3. The molecule has 0 amide bonds. The number of hydrogen-bond donors (Lipinski definition) is 1. The van der Waals surface area contributed by atoms with Crippen LogP contribution in [-0.2, 0) is 0 Å². The fourth-order valence-electron chi connectivity index (χ4n) is 1.64. The predicted molar refractivity (Wildman–Crippen MR) is 45.6 cm³/mol. The molecule has 0 radical (unpaired) electrons. The summed E-state index contributed by atoms with van der Waals surface area (Å²) in [4.78, 5) is 0. The van der Waals surface area contributed by atoms with Crippen LogP contribution in [0.1, 0.15) is 12.8 Å². The van der Waals surface area contributed by atoms with Gasteiger partial charge in [0.25, 0.3) is 0 Å². The van der Waals surface area contributed by atoms with Crippen molar-refractivity contribution >= 4 is 12.8 Å². The highest BCUT2D eigenvalue weighted by atomic mass is 32.1. The molecule has 1 atom stereocenters. The topological polar surface area (TPSA) is 3.24 Å². The van der Waals surface area contributed by atoms with E-state index in [9.17, 15) is 0 Å². The quantitative estimate of drug-likeness (QED) is 0.521. The Hall–Kier alpha value is -0.370. The van der Waals surface area contributed by atoms with Gasteiger partial charge in [0.15, 0.2) is 0 Å². The zero-order chi connectivity index (χ0) is 6.97. The molecule has 0 aromatic carbocycles. The third-order valence-electron chi connectivity index (χ3n) is 2.23. The lowest BCUT2D eigenvalue weighted by molar-refractivity contribution is 0.634. The Balaban J connectivity index is 2.25. The maximum Gasteiger partial charge on any atom is 0.0296 e. The van der Waals surface area contributed by atoms with E-state index in [1.54, 1.807) is 0 Å². The summed E-state index contributed by atoms with van der Waals surface area (Å²) in [7, 11) is 0. The van der Waals surface area contributed by atoms with Gasteiger partial charge in [-0.2, -0.15) is 0 Å². The van der Waals surface area contributed by atoms with E-state index >= 15 is 0 Å². The average molecular weight is 153 g/mol. The lowest BCUT2D eigenvalue weighted by Gasteiger charge is -2.16. The van der Waals surface area contributed by atoms with E-state index in [1.807, 2.05) is 0 Å². The number of rotatable bonds is 0. The Labute approximate surface area is 67.0 Å². The Kier molecular flexibility index (Phi) is 1.49. The van der Waals surface area contributed by atoms with Crippen molar-refractivity contribution in [3.63, 3.8) is 0 Å². The van der Waals surface area contributed by atoms with E-state index in [0.717, 1.165) is 12.5 Å². The molecule has 10 heavy (non-hydrogen) atoms. The summed E-state index contributed by atoms with van der Waals surface area (Å²) in [6.07, 6.45) is 9.03. The fraction of sp³-hybridized carbons (Fsp3) is 0.500. The Morgan fingerprint density at radius 1 is 1.60 bits per heavy atom. The molecule has 0 aromatic heterocycles. The first-order chi connectivity index (χ1) is 4.88. The SMILES string of the molecule is SN1CCC2CC=CC=C21. The average Bonchev–Trinajstić information content (AvgIpc) is 2.34. The Bertz CT molecular complexity index is 195. The molecule has 0 saturated carbocycles. The van der Waals surface area contributed by atoms with Crippen LogP contribution in [0.5, 0.6) is 0 Å². The first kappa shape index (κ1) is 6.35. The van der Waals surface area contributed by atoms with Crippen molar-refractivity contribution in [3.05, 3.63) is 23.9 Å². The number of allylic oxidation sites excluding steroid dienone is 4. The van der Waals surface area contributed by atoms with Crippen molar-refractivity contribution in [2.75, 3.05) is 6.54 Å². The molecule has 1 fully saturated rings. The molecule has 1 aliphatic heterocycles. The van der Waals surface area contributed by atoms with E-state index < -0.39 is 0 Å². The summed E-state index contributed by atoms with van der Waals surface area (Å²) in [6.45, 7) is 1.11. The highest BCUT2D eigenvalue weighted by molar-refractivity contribution is 7.77. The van der Waals surface area contributed by atoms with E-state index in [0.29, 0.717) is 0 Å². The van der Waals surface area contributed by atoms with Crippen LogP contribution < -0.4 is 0 Å². The summed E-state index contributed by atoms with van der Waals surface area (Å²) < 4.78 is 2.06. The first-order valence-electron chi connectivity index (χ1n) is 3.71. The van der Waals surface area contributed by atoms with E-state index in [-0.39, 0.29) is 0 Å². The Morgan fingerprint density at radius 2 is 2.50 bits per heavy atom. The van der Waals surface area contributed by atoms with Crippen molar-refractivity contribution < 1.29 is 0 Å². The van der Waals surface area contributed by atoms with Crippen molar-refractivity contribution in [1.29, 1.82) is 0 Å². The van der Waals surface area contributed by atoms with Gasteiger partial charge in [-0.05, 0) is 18.9 Å². The van der Waals surface area contributed by atoms with Gasteiger partial charge >= 0.3 is 0 Å². The van der Waals surface area contributed by atoms with Crippen LogP contribution >= 0.6 is 12.8 Å². The van der Waals surface area contributed by atoms with Crippen molar-refractivity contribution in [3.8, 4) is 0 Å². The summed E-state index contributed by atoms with van der Waals surface area (Å²) in [5.74, 6) is 0.766. The largest absolute Gasteiger partial charge is 0.322 e. The van der Waals surface area contributed by atoms with Crippen molar-refractivity contribution in [2.45, 2.75) is 12.8 Å². The molecule has 1 aliphatic carbocycles. The minimum absolute atomic E-state index is 0.766. The van der Waals surface area contributed by atoms with Crippen molar-refractivity contribution in [1.82, 2.24) is 4.31 Å². The summed E-state index contributed by atoms with van der Waals surface area (Å²) >= 11 is 4.35. The van der Waals surface area contributed by atoms with Gasteiger partial charge < -0.3 is 4.31 Å². The molecule has 54 valence electrons. The van der Waals surface area contributed by atoms with Gasteiger partial charge in [0.2, 0.25) is 0 Å². The molecule has 2 rings (SSSR count). The van der Waals surface area contributed by atoms with Crippen LogP contribution in [0.2, 0.25) is 0 Å². The van der Waals surface area contributed by atoms with Gasteiger partial charge in [-0.3, -0.25) is 0 Å². The minimum Gasteiger partial charge on any atom is -0.322 e. The van der Waals surface area contributed by atoms with E-state index in [1.165, 1.54) is 18.5 Å². The summed E-state index contributed by atoms with van der Waals surface area (Å²) in [5.41, 5.74) is 1.41. The van der Waals surface area contributed by atoms with Crippen LogP contribution in [0.3, 0.4) is 0 Å². The number of thiol groups is 1. The highest BCUT2D eigenvalue weighted by Gasteiger charge is 2.25.